The second kappa shape index (κ2) is 5.68. The number of ketones is 1. The summed E-state index contributed by atoms with van der Waals surface area (Å²) in [6.45, 7) is 13.6. The fraction of sp³-hybridized carbons (Fsp3) is 0.611. The van der Waals surface area contributed by atoms with Crippen molar-refractivity contribution >= 4 is 17.5 Å². The minimum atomic E-state index is -0.0291. The number of carbonyl (C=O) groups is 1. The molecular formula is C18H26O2S. The quantitative estimate of drug-likeness (QED) is 0.761. The zero-order valence-electron chi connectivity index (χ0n) is 14.0. The Bertz CT molecular complexity index is 553. The van der Waals surface area contributed by atoms with Crippen molar-refractivity contribution < 1.29 is 9.53 Å². The van der Waals surface area contributed by atoms with Gasteiger partial charge in [0.1, 0.15) is 5.75 Å². The highest BCUT2D eigenvalue weighted by Crippen LogP contribution is 2.45. The van der Waals surface area contributed by atoms with Gasteiger partial charge in [0, 0.05) is 22.1 Å². The summed E-state index contributed by atoms with van der Waals surface area (Å²) in [5.41, 5.74) is 3.11. The average molecular weight is 306 g/mol. The number of rotatable bonds is 4. The molecule has 0 spiro atoms. The van der Waals surface area contributed by atoms with Crippen molar-refractivity contribution in [2.75, 3.05) is 18.1 Å². The van der Waals surface area contributed by atoms with Gasteiger partial charge in [0.25, 0.3) is 0 Å². The summed E-state index contributed by atoms with van der Waals surface area (Å²) < 4.78 is 5.97. The Kier molecular flexibility index (Phi) is 4.44. The highest BCUT2D eigenvalue weighted by atomic mass is 32.2. The summed E-state index contributed by atoms with van der Waals surface area (Å²) in [4.78, 5) is 12.4. The van der Waals surface area contributed by atoms with Crippen molar-refractivity contribution in [3.8, 4) is 5.75 Å². The molecular weight excluding hydrogens is 280 g/mol. The molecule has 1 aliphatic rings. The van der Waals surface area contributed by atoms with Crippen molar-refractivity contribution in [1.29, 1.82) is 0 Å². The largest absolute Gasteiger partial charge is 0.492 e. The van der Waals surface area contributed by atoms with E-state index < -0.39 is 0 Å². The smallest absolute Gasteiger partial charge is 0.172 e. The zero-order valence-corrected chi connectivity index (χ0v) is 14.8. The van der Waals surface area contributed by atoms with Crippen molar-refractivity contribution in [3.05, 3.63) is 28.8 Å². The molecule has 0 radical (unpaired) electrons. The molecule has 0 saturated heterocycles. The number of carbonyl (C=O) groups excluding carboxylic acids is 1. The van der Waals surface area contributed by atoms with E-state index in [1.165, 1.54) is 5.56 Å². The third kappa shape index (κ3) is 3.28. The van der Waals surface area contributed by atoms with Crippen LogP contribution in [0.1, 0.15) is 63.0 Å². The minimum absolute atomic E-state index is 0.0243. The van der Waals surface area contributed by atoms with Crippen molar-refractivity contribution in [3.63, 3.8) is 0 Å². The lowest BCUT2D eigenvalue weighted by Gasteiger charge is -2.24. The van der Waals surface area contributed by atoms with Crippen LogP contribution < -0.4 is 4.74 Å². The van der Waals surface area contributed by atoms with Gasteiger partial charge < -0.3 is 4.74 Å². The summed E-state index contributed by atoms with van der Waals surface area (Å²) in [6, 6.07) is 4.09. The fourth-order valence-corrected chi connectivity index (χ4v) is 3.17. The SMILES string of the molecule is CCSCC(=O)c1cc(C(C)(C)C)c2c(c1)C(C)(C)CO2. The van der Waals surface area contributed by atoms with Crippen molar-refractivity contribution in [2.24, 2.45) is 0 Å². The number of fused-ring (bicyclic) bond motifs is 1. The number of hydrogen-bond acceptors (Lipinski definition) is 3. The molecule has 0 N–H and O–H groups in total. The summed E-state index contributed by atoms with van der Waals surface area (Å²) in [7, 11) is 0. The third-order valence-corrected chi connectivity index (χ3v) is 4.84. The van der Waals surface area contributed by atoms with Crippen LogP contribution in [0.2, 0.25) is 0 Å². The Hall–Kier alpha value is -0.960. The molecule has 0 atom stereocenters. The van der Waals surface area contributed by atoms with Crippen LogP contribution in [-0.2, 0) is 10.8 Å². The van der Waals surface area contributed by atoms with Gasteiger partial charge >= 0.3 is 0 Å². The summed E-state index contributed by atoms with van der Waals surface area (Å²) in [5.74, 6) is 2.74. The van der Waals surface area contributed by atoms with Crippen LogP contribution in [0.3, 0.4) is 0 Å². The van der Waals surface area contributed by atoms with Crippen molar-refractivity contribution in [1.82, 2.24) is 0 Å². The second-order valence-corrected chi connectivity index (χ2v) is 8.66. The molecule has 21 heavy (non-hydrogen) atoms. The maximum atomic E-state index is 12.4. The lowest BCUT2D eigenvalue weighted by Crippen LogP contribution is -2.19. The number of benzene rings is 1. The molecule has 0 aliphatic carbocycles. The van der Waals surface area contributed by atoms with Gasteiger partial charge in [-0.05, 0) is 23.3 Å². The van der Waals surface area contributed by atoms with Crippen LogP contribution >= 0.6 is 11.8 Å². The van der Waals surface area contributed by atoms with E-state index in [9.17, 15) is 4.79 Å². The molecule has 1 aromatic rings. The minimum Gasteiger partial charge on any atom is -0.492 e. The predicted octanol–water partition coefficient (Wildman–Crippen LogP) is 4.59. The first kappa shape index (κ1) is 16.4. The molecule has 116 valence electrons. The Morgan fingerprint density at radius 1 is 1.33 bits per heavy atom. The maximum absolute atomic E-state index is 12.4. The predicted molar refractivity (Wildman–Crippen MR) is 91.0 cm³/mol. The Labute approximate surface area is 132 Å². The highest BCUT2D eigenvalue weighted by Gasteiger charge is 2.36. The molecule has 0 bridgehead atoms. The first-order chi connectivity index (χ1) is 9.66. The molecule has 0 amide bonds. The Morgan fingerprint density at radius 2 is 2.00 bits per heavy atom. The van der Waals surface area contributed by atoms with Gasteiger partial charge in [-0.15, -0.1) is 0 Å². The molecule has 0 aromatic heterocycles. The van der Waals surface area contributed by atoms with E-state index >= 15 is 0 Å². The van der Waals surface area contributed by atoms with Crippen LogP contribution in [0.5, 0.6) is 5.75 Å². The second-order valence-electron chi connectivity index (χ2n) is 7.38. The lowest BCUT2D eigenvalue weighted by molar-refractivity contribution is 0.102. The van der Waals surface area contributed by atoms with E-state index in [4.69, 9.17) is 4.74 Å². The standard InChI is InChI=1S/C18H26O2S/c1-7-21-10-15(19)12-8-13(17(2,3)4)16-14(9-12)18(5,6)11-20-16/h8-9H,7,10-11H2,1-6H3. The highest BCUT2D eigenvalue weighted by molar-refractivity contribution is 7.99. The summed E-state index contributed by atoms with van der Waals surface area (Å²) >= 11 is 1.68. The first-order valence-corrected chi connectivity index (χ1v) is 8.75. The van der Waals surface area contributed by atoms with E-state index in [-0.39, 0.29) is 16.6 Å². The van der Waals surface area contributed by atoms with Crippen LogP contribution in [0.25, 0.3) is 0 Å². The average Bonchev–Trinajstić information content (AvgIpc) is 2.70. The topological polar surface area (TPSA) is 26.3 Å². The van der Waals surface area contributed by atoms with E-state index in [0.29, 0.717) is 12.4 Å². The van der Waals surface area contributed by atoms with Crippen LogP contribution in [0, 0.1) is 0 Å². The number of Topliss-reactive ketones (excluding diaryl/α,β-unsaturated/α-hetero) is 1. The normalized spacial score (nSPS) is 16.5. The lowest BCUT2D eigenvalue weighted by atomic mass is 9.79. The fourth-order valence-electron chi connectivity index (χ4n) is 2.61. The number of thioether (sulfide) groups is 1. The first-order valence-electron chi connectivity index (χ1n) is 7.59. The monoisotopic (exact) mass is 306 g/mol. The van der Waals surface area contributed by atoms with Crippen LogP contribution in [0.4, 0.5) is 0 Å². The van der Waals surface area contributed by atoms with Gasteiger partial charge in [0.05, 0.1) is 12.4 Å². The molecule has 0 unspecified atom stereocenters. The van der Waals surface area contributed by atoms with Gasteiger partial charge in [0.15, 0.2) is 5.78 Å². The number of ether oxygens (including phenoxy) is 1. The van der Waals surface area contributed by atoms with Crippen LogP contribution in [0.15, 0.2) is 12.1 Å². The van der Waals surface area contributed by atoms with Gasteiger partial charge in [-0.2, -0.15) is 11.8 Å². The van der Waals surface area contributed by atoms with Gasteiger partial charge in [-0.25, -0.2) is 0 Å². The van der Waals surface area contributed by atoms with Gasteiger partial charge in [-0.3, -0.25) is 4.79 Å². The summed E-state index contributed by atoms with van der Waals surface area (Å²) in [5, 5.41) is 0. The van der Waals surface area contributed by atoms with Crippen LogP contribution in [-0.4, -0.2) is 23.9 Å². The molecule has 2 nitrogen and oxygen atoms in total. The molecule has 0 saturated carbocycles. The molecule has 1 aromatic carbocycles. The number of hydrogen-bond donors (Lipinski definition) is 0. The van der Waals surface area contributed by atoms with Crippen molar-refractivity contribution in [2.45, 2.75) is 52.4 Å². The van der Waals surface area contributed by atoms with Gasteiger partial charge in [-0.1, -0.05) is 41.5 Å². The Balaban J connectivity index is 2.53. The van der Waals surface area contributed by atoms with Gasteiger partial charge in [0.2, 0.25) is 0 Å². The molecule has 1 aliphatic heterocycles. The zero-order chi connectivity index (χ0) is 15.8. The molecule has 3 heteroatoms. The van der Waals surface area contributed by atoms with E-state index in [0.717, 1.165) is 22.6 Å². The molecule has 0 fully saturated rings. The van der Waals surface area contributed by atoms with E-state index in [1.807, 2.05) is 6.07 Å². The molecule has 1 heterocycles. The third-order valence-electron chi connectivity index (χ3n) is 3.96. The summed E-state index contributed by atoms with van der Waals surface area (Å²) in [6.07, 6.45) is 0. The van der Waals surface area contributed by atoms with E-state index in [1.54, 1.807) is 11.8 Å². The molecule has 2 rings (SSSR count). The Morgan fingerprint density at radius 3 is 2.57 bits per heavy atom. The maximum Gasteiger partial charge on any atom is 0.172 e. The van der Waals surface area contributed by atoms with E-state index in [2.05, 4.69) is 47.6 Å².